The van der Waals surface area contributed by atoms with Gasteiger partial charge in [0.05, 0.1) is 4.92 Å². The molecule has 1 fully saturated rings. The standard InChI is InChI=1S/C14H16ClN3O4/c15-11-7-10(3-4-12(11)18(21)22)14(20)17-5-1-2-9(8-17)6-13(16)19/h3-4,7,9H,1-2,5-6,8H2,(H2,16,19)/t9-/m1/s1. The number of carbonyl (C=O) groups excluding carboxylic acids is 2. The van der Waals surface area contributed by atoms with Crippen molar-refractivity contribution in [3.8, 4) is 0 Å². The zero-order valence-electron chi connectivity index (χ0n) is 11.8. The Labute approximate surface area is 132 Å². The summed E-state index contributed by atoms with van der Waals surface area (Å²) in [6, 6.07) is 3.92. The number of piperidine rings is 1. The summed E-state index contributed by atoms with van der Waals surface area (Å²) in [5, 5.41) is 10.7. The molecule has 1 saturated heterocycles. The van der Waals surface area contributed by atoms with E-state index in [-0.39, 0.29) is 34.9 Å². The van der Waals surface area contributed by atoms with E-state index < -0.39 is 4.92 Å². The minimum atomic E-state index is -0.597. The second-order valence-corrected chi connectivity index (χ2v) is 5.76. The van der Waals surface area contributed by atoms with Crippen LogP contribution in [-0.4, -0.2) is 34.7 Å². The number of amides is 2. The predicted molar refractivity (Wildman–Crippen MR) is 80.5 cm³/mol. The van der Waals surface area contributed by atoms with E-state index in [2.05, 4.69) is 0 Å². The van der Waals surface area contributed by atoms with E-state index in [4.69, 9.17) is 17.3 Å². The highest BCUT2D eigenvalue weighted by Gasteiger charge is 2.26. The summed E-state index contributed by atoms with van der Waals surface area (Å²) in [5.41, 5.74) is 5.27. The average Bonchev–Trinajstić information content (AvgIpc) is 2.45. The molecule has 118 valence electrons. The van der Waals surface area contributed by atoms with Gasteiger partial charge < -0.3 is 10.6 Å². The third-order valence-electron chi connectivity index (χ3n) is 3.69. The van der Waals surface area contributed by atoms with E-state index in [9.17, 15) is 19.7 Å². The van der Waals surface area contributed by atoms with Crippen LogP contribution < -0.4 is 5.73 Å². The first-order valence-electron chi connectivity index (χ1n) is 6.90. The summed E-state index contributed by atoms with van der Waals surface area (Å²) in [6.07, 6.45) is 1.91. The predicted octanol–water partition coefficient (Wildman–Crippen LogP) is 1.98. The van der Waals surface area contributed by atoms with Gasteiger partial charge in [0.1, 0.15) is 5.02 Å². The number of hydrogen-bond acceptors (Lipinski definition) is 4. The Morgan fingerprint density at radius 2 is 2.18 bits per heavy atom. The number of likely N-dealkylation sites (tertiary alicyclic amines) is 1. The Balaban J connectivity index is 2.12. The van der Waals surface area contributed by atoms with Crippen molar-refractivity contribution in [2.24, 2.45) is 11.7 Å². The molecule has 1 aromatic rings. The van der Waals surface area contributed by atoms with Crippen LogP contribution in [0.5, 0.6) is 0 Å². The first-order chi connectivity index (χ1) is 10.4. The molecule has 2 rings (SSSR count). The minimum absolute atomic E-state index is 0.0590. The molecule has 22 heavy (non-hydrogen) atoms. The molecule has 0 unspecified atom stereocenters. The molecular formula is C14H16ClN3O4. The molecule has 0 aliphatic carbocycles. The Hall–Kier alpha value is -2.15. The number of nitrogens with two attached hydrogens (primary N) is 1. The Morgan fingerprint density at radius 1 is 1.45 bits per heavy atom. The van der Waals surface area contributed by atoms with Gasteiger partial charge in [-0.15, -0.1) is 0 Å². The van der Waals surface area contributed by atoms with Crippen LogP contribution in [0, 0.1) is 16.0 Å². The van der Waals surface area contributed by atoms with Crippen LogP contribution in [0.1, 0.15) is 29.6 Å². The summed E-state index contributed by atoms with van der Waals surface area (Å²) in [4.78, 5) is 35.2. The fourth-order valence-electron chi connectivity index (χ4n) is 2.67. The van der Waals surface area contributed by atoms with Gasteiger partial charge >= 0.3 is 0 Å². The topological polar surface area (TPSA) is 107 Å². The van der Waals surface area contributed by atoms with E-state index >= 15 is 0 Å². The highest BCUT2D eigenvalue weighted by molar-refractivity contribution is 6.33. The van der Waals surface area contributed by atoms with E-state index in [0.29, 0.717) is 18.7 Å². The molecule has 2 amide bonds. The van der Waals surface area contributed by atoms with Crippen molar-refractivity contribution in [2.75, 3.05) is 13.1 Å². The maximum absolute atomic E-state index is 12.4. The second kappa shape index (κ2) is 6.74. The Morgan fingerprint density at radius 3 is 2.77 bits per heavy atom. The van der Waals surface area contributed by atoms with Crippen LogP contribution in [0.2, 0.25) is 5.02 Å². The molecule has 1 aliphatic heterocycles. The molecule has 2 N–H and O–H groups in total. The minimum Gasteiger partial charge on any atom is -0.370 e. The van der Waals surface area contributed by atoms with Gasteiger partial charge in [-0.1, -0.05) is 11.6 Å². The van der Waals surface area contributed by atoms with Gasteiger partial charge in [-0.3, -0.25) is 19.7 Å². The molecule has 0 spiro atoms. The van der Waals surface area contributed by atoms with Gasteiger partial charge in [0, 0.05) is 31.1 Å². The Kier molecular flexibility index (Phi) is 4.97. The van der Waals surface area contributed by atoms with Gasteiger partial charge in [0.2, 0.25) is 5.91 Å². The molecule has 0 saturated carbocycles. The van der Waals surface area contributed by atoms with Crippen LogP contribution in [0.25, 0.3) is 0 Å². The van der Waals surface area contributed by atoms with E-state index in [1.807, 2.05) is 0 Å². The number of benzene rings is 1. The molecule has 0 aromatic heterocycles. The van der Waals surface area contributed by atoms with Gasteiger partial charge in [0.15, 0.2) is 0 Å². The highest BCUT2D eigenvalue weighted by atomic mass is 35.5. The van der Waals surface area contributed by atoms with E-state index in [0.717, 1.165) is 12.8 Å². The van der Waals surface area contributed by atoms with Crippen molar-refractivity contribution in [3.05, 3.63) is 38.9 Å². The van der Waals surface area contributed by atoms with E-state index in [1.165, 1.54) is 18.2 Å². The lowest BCUT2D eigenvalue weighted by molar-refractivity contribution is -0.384. The molecular weight excluding hydrogens is 310 g/mol. The van der Waals surface area contributed by atoms with Crippen molar-refractivity contribution in [2.45, 2.75) is 19.3 Å². The van der Waals surface area contributed by atoms with Crippen molar-refractivity contribution >= 4 is 29.1 Å². The smallest absolute Gasteiger partial charge is 0.287 e. The molecule has 1 aliphatic rings. The zero-order valence-corrected chi connectivity index (χ0v) is 12.6. The molecule has 1 heterocycles. The van der Waals surface area contributed by atoms with E-state index in [1.54, 1.807) is 4.90 Å². The third kappa shape index (κ3) is 3.73. The van der Waals surface area contributed by atoms with Crippen LogP contribution in [-0.2, 0) is 4.79 Å². The molecule has 0 bridgehead atoms. The van der Waals surface area contributed by atoms with Crippen molar-refractivity contribution in [3.63, 3.8) is 0 Å². The third-order valence-corrected chi connectivity index (χ3v) is 3.99. The van der Waals surface area contributed by atoms with Crippen LogP contribution in [0.4, 0.5) is 5.69 Å². The number of primary amides is 1. The number of nitro groups is 1. The van der Waals surface area contributed by atoms with Crippen molar-refractivity contribution in [1.29, 1.82) is 0 Å². The fourth-order valence-corrected chi connectivity index (χ4v) is 2.92. The SMILES string of the molecule is NC(=O)C[C@H]1CCCN(C(=O)c2ccc([N+](=O)[O-])c(Cl)c2)C1. The lowest BCUT2D eigenvalue weighted by atomic mass is 9.94. The molecule has 1 aromatic carbocycles. The lowest BCUT2D eigenvalue weighted by Gasteiger charge is -2.32. The van der Waals surface area contributed by atoms with Gasteiger partial charge in [-0.25, -0.2) is 0 Å². The number of halogens is 1. The van der Waals surface area contributed by atoms with Gasteiger partial charge in [0.25, 0.3) is 11.6 Å². The lowest BCUT2D eigenvalue weighted by Crippen LogP contribution is -2.41. The average molecular weight is 326 g/mol. The highest BCUT2D eigenvalue weighted by Crippen LogP contribution is 2.27. The van der Waals surface area contributed by atoms with Crippen LogP contribution in [0.3, 0.4) is 0 Å². The zero-order chi connectivity index (χ0) is 16.3. The summed E-state index contributed by atoms with van der Waals surface area (Å²) in [5.74, 6) is -0.563. The second-order valence-electron chi connectivity index (χ2n) is 5.35. The van der Waals surface area contributed by atoms with Crippen LogP contribution >= 0.6 is 11.6 Å². The molecule has 8 heteroatoms. The van der Waals surface area contributed by atoms with Crippen molar-refractivity contribution in [1.82, 2.24) is 4.90 Å². The normalized spacial score (nSPS) is 18.0. The van der Waals surface area contributed by atoms with Crippen molar-refractivity contribution < 1.29 is 14.5 Å². The monoisotopic (exact) mass is 325 g/mol. The Bertz CT molecular complexity index is 620. The summed E-state index contributed by atoms with van der Waals surface area (Å²) in [7, 11) is 0. The van der Waals surface area contributed by atoms with Crippen LogP contribution in [0.15, 0.2) is 18.2 Å². The summed E-state index contributed by atoms with van der Waals surface area (Å²) in [6.45, 7) is 1.04. The quantitative estimate of drug-likeness (QED) is 0.674. The number of rotatable bonds is 4. The van der Waals surface area contributed by atoms with Gasteiger partial charge in [-0.2, -0.15) is 0 Å². The van der Waals surface area contributed by atoms with Gasteiger partial charge in [-0.05, 0) is 30.9 Å². The largest absolute Gasteiger partial charge is 0.370 e. The number of nitrogens with zero attached hydrogens (tertiary/aromatic N) is 2. The molecule has 7 nitrogen and oxygen atoms in total. The number of hydrogen-bond donors (Lipinski definition) is 1. The molecule has 1 atom stereocenters. The maximum Gasteiger partial charge on any atom is 0.287 e. The summed E-state index contributed by atoms with van der Waals surface area (Å²) >= 11 is 5.83. The number of nitro benzene ring substituents is 1. The molecule has 0 radical (unpaired) electrons. The number of carbonyl (C=O) groups is 2. The first kappa shape index (κ1) is 16.2. The maximum atomic E-state index is 12.4. The first-order valence-corrected chi connectivity index (χ1v) is 7.28. The fraction of sp³-hybridized carbons (Fsp3) is 0.429. The summed E-state index contributed by atoms with van der Waals surface area (Å²) < 4.78 is 0.